The molecule has 0 bridgehead atoms. The Kier molecular flexibility index (Phi) is 8.03. The van der Waals surface area contributed by atoms with E-state index in [9.17, 15) is 9.59 Å². The van der Waals surface area contributed by atoms with Gasteiger partial charge in [-0.3, -0.25) is 9.59 Å². The number of nitrogens with zero attached hydrogens (tertiary/aromatic N) is 1. The van der Waals surface area contributed by atoms with Crippen LogP contribution >= 0.6 is 12.4 Å². The van der Waals surface area contributed by atoms with Crippen molar-refractivity contribution in [3.63, 3.8) is 0 Å². The van der Waals surface area contributed by atoms with E-state index in [1.54, 1.807) is 0 Å². The number of nitrogens with two attached hydrogens (primary N) is 1. The van der Waals surface area contributed by atoms with Crippen molar-refractivity contribution in [1.82, 2.24) is 10.3 Å². The number of carbonyl (C=O) groups is 2. The number of rotatable bonds is 6. The molecule has 1 fully saturated rings. The fourth-order valence-electron chi connectivity index (χ4n) is 4.83. The summed E-state index contributed by atoms with van der Waals surface area (Å²) in [5.74, 6) is 0.355. The first kappa shape index (κ1) is 25.1. The van der Waals surface area contributed by atoms with Gasteiger partial charge in [-0.2, -0.15) is 0 Å². The number of aromatic amines is 1. The normalized spacial score (nSPS) is 21.2. The van der Waals surface area contributed by atoms with Crippen LogP contribution in [0.4, 0.5) is 5.69 Å². The highest BCUT2D eigenvalue weighted by Gasteiger charge is 2.35. The second-order valence-corrected chi connectivity index (χ2v) is 9.29. The lowest BCUT2D eigenvalue weighted by atomic mass is 9.86. The maximum atomic E-state index is 13.6. The molecule has 2 heterocycles. The van der Waals surface area contributed by atoms with Gasteiger partial charge in [0.25, 0.3) is 11.8 Å². The van der Waals surface area contributed by atoms with Gasteiger partial charge in [0.2, 0.25) is 0 Å². The molecule has 1 aromatic carbocycles. The van der Waals surface area contributed by atoms with Crippen molar-refractivity contribution in [2.24, 2.45) is 11.7 Å². The molecule has 1 aliphatic heterocycles. The number of nitrogens with one attached hydrogen (secondary N) is 2. The molecule has 4 N–H and O–H groups in total. The average molecular weight is 471 g/mol. The molecule has 0 radical (unpaired) electrons. The molecule has 0 spiro atoms. The van der Waals surface area contributed by atoms with Crippen LogP contribution in [0.1, 0.15) is 71.9 Å². The molecule has 1 saturated carbocycles. The molecule has 0 saturated heterocycles. The van der Waals surface area contributed by atoms with E-state index in [1.807, 2.05) is 49.9 Å². The molecule has 6 nitrogen and oxygen atoms in total. The highest BCUT2D eigenvalue weighted by Crippen LogP contribution is 2.40. The minimum absolute atomic E-state index is 0. The number of halogens is 1. The number of hydrogen-bond donors (Lipinski definition) is 3. The predicted octanol–water partition coefficient (Wildman–Crippen LogP) is 4.60. The van der Waals surface area contributed by atoms with Gasteiger partial charge < -0.3 is 20.9 Å². The molecule has 0 atom stereocenters. The van der Waals surface area contributed by atoms with Gasteiger partial charge >= 0.3 is 0 Å². The summed E-state index contributed by atoms with van der Waals surface area (Å²) in [6.45, 7) is 7.40. The van der Waals surface area contributed by atoms with Crippen LogP contribution in [0.25, 0.3) is 11.6 Å². The first-order valence-electron chi connectivity index (χ1n) is 11.7. The fraction of sp³-hybridized carbons (Fsp3) is 0.462. The number of anilines is 1. The fourth-order valence-corrected chi connectivity index (χ4v) is 4.83. The molecule has 4 rings (SSSR count). The van der Waals surface area contributed by atoms with Crippen LogP contribution in [0.2, 0.25) is 0 Å². The molecular weight excluding hydrogens is 436 g/mol. The van der Waals surface area contributed by atoms with E-state index in [1.165, 1.54) is 0 Å². The smallest absolute Gasteiger partial charge is 0.259 e. The van der Waals surface area contributed by atoms with Crippen molar-refractivity contribution in [2.45, 2.75) is 58.9 Å². The number of fused-ring (bicyclic) bond motifs is 1. The molecule has 2 aliphatic rings. The zero-order valence-electron chi connectivity index (χ0n) is 19.7. The summed E-state index contributed by atoms with van der Waals surface area (Å²) in [5.41, 5.74) is 12.1. The molecule has 178 valence electrons. The maximum Gasteiger partial charge on any atom is 0.259 e. The van der Waals surface area contributed by atoms with E-state index in [0.717, 1.165) is 60.3 Å². The molecule has 2 aromatic rings. The third-order valence-electron chi connectivity index (χ3n) is 6.66. The van der Waals surface area contributed by atoms with Crippen LogP contribution in [0.3, 0.4) is 0 Å². The lowest BCUT2D eigenvalue weighted by molar-refractivity contribution is -0.113. The summed E-state index contributed by atoms with van der Waals surface area (Å²) in [4.78, 5) is 31.4. The minimum atomic E-state index is -0.104. The average Bonchev–Trinajstić information content (AvgIpc) is 3.23. The Morgan fingerprint density at radius 1 is 1.21 bits per heavy atom. The molecule has 1 aliphatic carbocycles. The van der Waals surface area contributed by atoms with Crippen LogP contribution in [0.15, 0.2) is 24.3 Å². The van der Waals surface area contributed by atoms with Crippen molar-refractivity contribution in [3.05, 3.63) is 52.3 Å². The minimum Gasteiger partial charge on any atom is -0.359 e. The Hall–Kier alpha value is -2.57. The number of carbonyl (C=O) groups excluding carboxylic acids is 2. The van der Waals surface area contributed by atoms with Crippen molar-refractivity contribution >= 4 is 41.6 Å². The van der Waals surface area contributed by atoms with Gasteiger partial charge in [0.1, 0.15) is 0 Å². The number of benzene rings is 1. The molecule has 7 heteroatoms. The first-order valence-corrected chi connectivity index (χ1v) is 11.7. The van der Waals surface area contributed by atoms with Crippen LogP contribution in [-0.4, -0.2) is 35.9 Å². The van der Waals surface area contributed by atoms with Crippen molar-refractivity contribution in [1.29, 1.82) is 0 Å². The first-order chi connectivity index (χ1) is 15.4. The van der Waals surface area contributed by atoms with E-state index in [-0.39, 0.29) is 30.3 Å². The zero-order valence-corrected chi connectivity index (χ0v) is 20.6. The number of aromatic nitrogens is 1. The van der Waals surface area contributed by atoms with Gasteiger partial charge in [0.15, 0.2) is 0 Å². The maximum absolute atomic E-state index is 13.6. The van der Waals surface area contributed by atoms with E-state index in [0.29, 0.717) is 30.1 Å². The summed E-state index contributed by atoms with van der Waals surface area (Å²) in [5, 5.41) is 2.93. The number of hydrogen-bond acceptors (Lipinski definition) is 3. The van der Waals surface area contributed by atoms with E-state index in [2.05, 4.69) is 16.4 Å². The van der Waals surface area contributed by atoms with Gasteiger partial charge in [-0.25, -0.2) is 0 Å². The Labute approximate surface area is 202 Å². The van der Waals surface area contributed by atoms with Gasteiger partial charge in [-0.1, -0.05) is 6.92 Å². The quantitative estimate of drug-likeness (QED) is 0.539. The van der Waals surface area contributed by atoms with Crippen molar-refractivity contribution < 1.29 is 9.59 Å². The summed E-state index contributed by atoms with van der Waals surface area (Å²) in [6.07, 6.45) is 6.94. The van der Waals surface area contributed by atoms with E-state index in [4.69, 9.17) is 5.73 Å². The summed E-state index contributed by atoms with van der Waals surface area (Å²) < 4.78 is 0. The third-order valence-corrected chi connectivity index (χ3v) is 6.66. The Morgan fingerprint density at radius 2 is 1.94 bits per heavy atom. The highest BCUT2D eigenvalue weighted by atomic mass is 35.5. The second-order valence-electron chi connectivity index (χ2n) is 9.29. The monoisotopic (exact) mass is 470 g/mol. The predicted molar refractivity (Wildman–Crippen MR) is 137 cm³/mol. The standard InChI is InChI=1S/C26H34N4O2.ClH/c1-4-11-28-25(31)19-7-10-24-21(13-19)22(14-23-16(2)12-17(3)29-23)26(32)30(24)15-18-5-8-20(27)9-6-18;/h7,10,12-14,18,20,29H,4-6,8-9,11,15,27H2,1-3H3,(H,28,31);1H/b22-14-;. The summed E-state index contributed by atoms with van der Waals surface area (Å²) >= 11 is 0. The second kappa shape index (κ2) is 10.6. The summed E-state index contributed by atoms with van der Waals surface area (Å²) in [6, 6.07) is 7.98. The number of aryl methyl sites for hydroxylation is 2. The highest BCUT2D eigenvalue weighted by molar-refractivity contribution is 6.36. The van der Waals surface area contributed by atoms with Gasteiger partial charge in [-0.05, 0) is 87.8 Å². The SMILES string of the molecule is CCCNC(=O)c1ccc2c(c1)/C(=C/c1[nH]c(C)cc1C)C(=O)N2CC1CCC(N)CC1.Cl. The summed E-state index contributed by atoms with van der Waals surface area (Å²) in [7, 11) is 0. The Morgan fingerprint density at radius 3 is 2.58 bits per heavy atom. The van der Waals surface area contributed by atoms with Gasteiger partial charge in [-0.15, -0.1) is 12.4 Å². The zero-order chi connectivity index (χ0) is 22.8. The number of amides is 2. The number of H-pyrrole nitrogens is 1. The van der Waals surface area contributed by atoms with Crippen LogP contribution in [0.5, 0.6) is 0 Å². The van der Waals surface area contributed by atoms with Gasteiger partial charge in [0, 0.05) is 41.6 Å². The van der Waals surface area contributed by atoms with Gasteiger partial charge in [0.05, 0.1) is 11.3 Å². The Balaban J connectivity index is 0.00000306. The molecule has 1 aromatic heterocycles. The largest absolute Gasteiger partial charge is 0.359 e. The Bertz CT molecular complexity index is 1050. The van der Waals surface area contributed by atoms with Crippen molar-refractivity contribution in [2.75, 3.05) is 18.0 Å². The molecule has 33 heavy (non-hydrogen) atoms. The van der Waals surface area contributed by atoms with Crippen molar-refractivity contribution in [3.8, 4) is 0 Å². The van der Waals surface area contributed by atoms with Crippen LogP contribution < -0.4 is 16.0 Å². The van der Waals surface area contributed by atoms with Crippen LogP contribution in [-0.2, 0) is 4.79 Å². The van der Waals surface area contributed by atoms with E-state index >= 15 is 0 Å². The van der Waals surface area contributed by atoms with E-state index < -0.39 is 0 Å². The third kappa shape index (κ3) is 5.33. The molecule has 2 amide bonds. The molecule has 0 unspecified atom stereocenters. The topological polar surface area (TPSA) is 91.2 Å². The lowest BCUT2D eigenvalue weighted by Crippen LogP contribution is -2.36. The molecular formula is C26H35ClN4O2. The van der Waals surface area contributed by atoms with Crippen LogP contribution in [0, 0.1) is 19.8 Å². The lowest BCUT2D eigenvalue weighted by Gasteiger charge is -2.29.